The van der Waals surface area contributed by atoms with Gasteiger partial charge in [0.25, 0.3) is 0 Å². The molecule has 0 unspecified atom stereocenters. The lowest BCUT2D eigenvalue weighted by Gasteiger charge is -2.41. The van der Waals surface area contributed by atoms with Gasteiger partial charge in [0.1, 0.15) is 0 Å². The molecule has 0 spiro atoms. The van der Waals surface area contributed by atoms with Gasteiger partial charge in [-0.1, -0.05) is 66.7 Å². The zero-order valence-electron chi connectivity index (χ0n) is 21.6. The summed E-state index contributed by atoms with van der Waals surface area (Å²) < 4.78 is 0. The summed E-state index contributed by atoms with van der Waals surface area (Å²) in [5, 5.41) is 5.82. The highest BCUT2D eigenvalue weighted by molar-refractivity contribution is 5.83. The lowest BCUT2D eigenvalue weighted by molar-refractivity contribution is -0.127. The third-order valence-corrected chi connectivity index (χ3v) is 7.87. The van der Waals surface area contributed by atoms with E-state index in [9.17, 15) is 4.79 Å². The molecule has 1 N–H and O–H groups in total. The third-order valence-electron chi connectivity index (χ3n) is 7.87. The van der Waals surface area contributed by atoms with Crippen LogP contribution in [0.25, 0.3) is 10.8 Å². The lowest BCUT2D eigenvalue weighted by atomic mass is 9.87. The first kappa shape index (κ1) is 24.9. The lowest BCUT2D eigenvalue weighted by Crippen LogP contribution is -2.51. The van der Waals surface area contributed by atoms with Crippen LogP contribution in [0.15, 0.2) is 72.8 Å². The number of hydrogen-bond acceptors (Lipinski definition) is 4. The standard InChI is InChI=1S/C31H40N4O/c1-33-15-17-34(18-16-33)22-27-20-30(31(36)32-14-13-25-7-3-2-4-8-25)24-35(23-27)21-26-11-12-28-9-5-6-10-29(28)19-26/h2-12,19,27,30H,13-18,20-24H2,1H3,(H,32,36)/t27-,30-/m1/s1. The second kappa shape index (κ2) is 12.0. The van der Waals surface area contributed by atoms with Gasteiger partial charge in [0.2, 0.25) is 5.91 Å². The van der Waals surface area contributed by atoms with Gasteiger partial charge in [0.15, 0.2) is 0 Å². The van der Waals surface area contributed by atoms with Crippen molar-refractivity contribution >= 4 is 16.7 Å². The molecule has 0 saturated carbocycles. The first-order valence-electron chi connectivity index (χ1n) is 13.5. The Kier molecular flexibility index (Phi) is 8.32. The number of rotatable bonds is 8. The molecule has 0 radical (unpaired) electrons. The number of likely N-dealkylation sites (N-methyl/N-ethyl adjacent to an activating group) is 1. The van der Waals surface area contributed by atoms with Gasteiger partial charge in [-0.25, -0.2) is 0 Å². The predicted octanol–water partition coefficient (Wildman–Crippen LogP) is 3.88. The Labute approximate surface area is 216 Å². The van der Waals surface area contributed by atoms with Crippen LogP contribution in [0.2, 0.25) is 0 Å². The summed E-state index contributed by atoms with van der Waals surface area (Å²) in [6.45, 7) is 9.13. The average molecular weight is 485 g/mol. The number of nitrogens with zero attached hydrogens (tertiary/aromatic N) is 3. The molecular weight excluding hydrogens is 444 g/mol. The minimum Gasteiger partial charge on any atom is -0.355 e. The van der Waals surface area contributed by atoms with E-state index in [2.05, 4.69) is 93.8 Å². The Hall–Kier alpha value is -2.73. The van der Waals surface area contributed by atoms with Crippen molar-refractivity contribution in [1.29, 1.82) is 0 Å². The van der Waals surface area contributed by atoms with Gasteiger partial charge < -0.3 is 15.1 Å². The van der Waals surface area contributed by atoms with Gasteiger partial charge in [-0.3, -0.25) is 9.69 Å². The molecule has 3 aromatic rings. The van der Waals surface area contributed by atoms with E-state index in [1.807, 2.05) is 6.07 Å². The van der Waals surface area contributed by atoms with Crippen molar-refractivity contribution in [2.24, 2.45) is 11.8 Å². The molecule has 0 aliphatic carbocycles. The monoisotopic (exact) mass is 484 g/mol. The molecule has 2 atom stereocenters. The Morgan fingerprint density at radius 2 is 1.58 bits per heavy atom. The van der Waals surface area contributed by atoms with Gasteiger partial charge in [0, 0.05) is 58.9 Å². The average Bonchev–Trinajstić information content (AvgIpc) is 2.90. The van der Waals surface area contributed by atoms with Crippen LogP contribution < -0.4 is 5.32 Å². The fourth-order valence-electron chi connectivity index (χ4n) is 5.86. The van der Waals surface area contributed by atoms with Crippen molar-refractivity contribution < 1.29 is 4.79 Å². The summed E-state index contributed by atoms with van der Waals surface area (Å²) in [4.78, 5) is 20.8. The Balaban J connectivity index is 1.23. The van der Waals surface area contributed by atoms with Gasteiger partial charge in [-0.05, 0) is 53.8 Å². The zero-order valence-corrected chi connectivity index (χ0v) is 21.6. The maximum absolute atomic E-state index is 13.3. The van der Waals surface area contributed by atoms with Gasteiger partial charge in [-0.15, -0.1) is 0 Å². The van der Waals surface area contributed by atoms with Gasteiger partial charge in [0.05, 0.1) is 5.92 Å². The fourth-order valence-corrected chi connectivity index (χ4v) is 5.86. The molecule has 5 nitrogen and oxygen atoms in total. The number of carbonyl (C=O) groups excluding carboxylic acids is 1. The van der Waals surface area contributed by atoms with Crippen molar-refractivity contribution in [3.63, 3.8) is 0 Å². The van der Waals surface area contributed by atoms with E-state index >= 15 is 0 Å². The number of carbonyl (C=O) groups is 1. The maximum atomic E-state index is 13.3. The van der Waals surface area contributed by atoms with E-state index in [1.165, 1.54) is 21.9 Å². The Morgan fingerprint density at radius 3 is 2.39 bits per heavy atom. The van der Waals surface area contributed by atoms with Crippen LogP contribution in [-0.4, -0.2) is 80.0 Å². The number of fused-ring (bicyclic) bond motifs is 1. The highest BCUT2D eigenvalue weighted by Gasteiger charge is 2.33. The smallest absolute Gasteiger partial charge is 0.224 e. The summed E-state index contributed by atoms with van der Waals surface area (Å²) in [6, 6.07) is 25.8. The maximum Gasteiger partial charge on any atom is 0.224 e. The van der Waals surface area contributed by atoms with Crippen LogP contribution in [0.1, 0.15) is 17.5 Å². The van der Waals surface area contributed by atoms with E-state index in [1.54, 1.807) is 0 Å². The largest absolute Gasteiger partial charge is 0.355 e. The van der Waals surface area contributed by atoms with E-state index < -0.39 is 0 Å². The molecule has 0 aromatic heterocycles. The van der Waals surface area contributed by atoms with E-state index in [0.717, 1.165) is 65.2 Å². The molecule has 1 amide bonds. The molecule has 36 heavy (non-hydrogen) atoms. The van der Waals surface area contributed by atoms with Crippen LogP contribution >= 0.6 is 0 Å². The number of hydrogen-bond donors (Lipinski definition) is 1. The molecule has 2 heterocycles. The molecule has 2 fully saturated rings. The van der Waals surface area contributed by atoms with E-state index in [-0.39, 0.29) is 11.8 Å². The summed E-state index contributed by atoms with van der Waals surface area (Å²) in [5.74, 6) is 0.789. The van der Waals surface area contributed by atoms with Crippen molar-refractivity contribution in [3.8, 4) is 0 Å². The van der Waals surface area contributed by atoms with Crippen molar-refractivity contribution in [2.45, 2.75) is 19.4 Å². The topological polar surface area (TPSA) is 38.8 Å². The SMILES string of the molecule is CN1CCN(C[C@H]2C[C@@H](C(=O)NCCc3ccccc3)CN(Cc3ccc4ccccc4c3)C2)CC1. The second-order valence-electron chi connectivity index (χ2n) is 10.8. The Bertz CT molecular complexity index is 1130. The van der Waals surface area contributed by atoms with Crippen LogP contribution in [0.4, 0.5) is 0 Å². The minimum atomic E-state index is 0.0486. The van der Waals surface area contributed by atoms with Crippen molar-refractivity contribution in [2.75, 3.05) is 59.4 Å². The van der Waals surface area contributed by atoms with Crippen molar-refractivity contribution in [3.05, 3.63) is 83.9 Å². The number of likely N-dealkylation sites (tertiary alicyclic amines) is 1. The molecule has 2 aliphatic heterocycles. The number of piperidine rings is 1. The van der Waals surface area contributed by atoms with Gasteiger partial charge >= 0.3 is 0 Å². The minimum absolute atomic E-state index is 0.0486. The van der Waals surface area contributed by atoms with E-state index in [4.69, 9.17) is 0 Å². The number of amides is 1. The molecule has 5 rings (SSSR count). The molecule has 190 valence electrons. The summed E-state index contributed by atoms with van der Waals surface area (Å²) >= 11 is 0. The highest BCUT2D eigenvalue weighted by atomic mass is 16.1. The summed E-state index contributed by atoms with van der Waals surface area (Å²) in [7, 11) is 2.21. The third kappa shape index (κ3) is 6.73. The van der Waals surface area contributed by atoms with E-state index in [0.29, 0.717) is 12.5 Å². The summed E-state index contributed by atoms with van der Waals surface area (Å²) in [5.41, 5.74) is 2.60. The Morgan fingerprint density at radius 1 is 0.833 bits per heavy atom. The zero-order chi connectivity index (χ0) is 24.7. The van der Waals surface area contributed by atoms with Crippen LogP contribution in [0.3, 0.4) is 0 Å². The first-order chi connectivity index (χ1) is 17.6. The normalized spacial score (nSPS) is 22.0. The predicted molar refractivity (Wildman–Crippen MR) is 148 cm³/mol. The highest BCUT2D eigenvalue weighted by Crippen LogP contribution is 2.26. The van der Waals surface area contributed by atoms with Crippen LogP contribution in [-0.2, 0) is 17.8 Å². The van der Waals surface area contributed by atoms with Crippen molar-refractivity contribution in [1.82, 2.24) is 20.0 Å². The molecular formula is C31H40N4O. The quantitative estimate of drug-likeness (QED) is 0.527. The molecule has 0 bridgehead atoms. The van der Waals surface area contributed by atoms with Crippen LogP contribution in [0.5, 0.6) is 0 Å². The molecule has 5 heteroatoms. The van der Waals surface area contributed by atoms with Crippen LogP contribution in [0, 0.1) is 11.8 Å². The first-order valence-corrected chi connectivity index (χ1v) is 13.5. The number of benzene rings is 3. The van der Waals surface area contributed by atoms with Gasteiger partial charge in [-0.2, -0.15) is 0 Å². The number of piperazine rings is 1. The fraction of sp³-hybridized carbons (Fsp3) is 0.452. The molecule has 2 aliphatic rings. The number of nitrogens with one attached hydrogen (secondary N) is 1. The molecule has 3 aromatic carbocycles. The summed E-state index contributed by atoms with van der Waals surface area (Å²) in [6.07, 6.45) is 1.86. The second-order valence-corrected chi connectivity index (χ2v) is 10.8. The molecule has 2 saturated heterocycles.